The van der Waals surface area contributed by atoms with Gasteiger partial charge in [0.25, 0.3) is 0 Å². The van der Waals surface area contributed by atoms with E-state index in [0.717, 1.165) is 29.7 Å². The van der Waals surface area contributed by atoms with E-state index in [1.54, 1.807) is 0 Å². The molecule has 0 radical (unpaired) electrons. The van der Waals surface area contributed by atoms with E-state index >= 15 is 0 Å². The first-order valence-electron chi connectivity index (χ1n) is 11.7. The van der Waals surface area contributed by atoms with E-state index in [1.807, 2.05) is 29.2 Å². The van der Waals surface area contributed by atoms with Crippen molar-refractivity contribution in [2.45, 2.75) is 43.3 Å². The number of benzene rings is 3. The summed E-state index contributed by atoms with van der Waals surface area (Å²) in [5.74, 6) is 0. The lowest BCUT2D eigenvalue weighted by atomic mass is 10.0. The molecule has 216 valence electrons. The normalized spacial score (nSPS) is 16.4. The molecule has 1 aliphatic rings. The van der Waals surface area contributed by atoms with Crippen molar-refractivity contribution in [2.24, 2.45) is 0 Å². The highest BCUT2D eigenvalue weighted by molar-refractivity contribution is 7.53. The molecule has 3 aromatic rings. The van der Waals surface area contributed by atoms with Gasteiger partial charge in [0.2, 0.25) is 0 Å². The molecule has 4 N–H and O–H groups in total. The van der Waals surface area contributed by atoms with Gasteiger partial charge in [-0.15, -0.1) is 0 Å². The highest BCUT2D eigenvalue weighted by Crippen LogP contribution is 2.61. The molecule has 0 bridgehead atoms. The van der Waals surface area contributed by atoms with E-state index in [9.17, 15) is 26.7 Å². The molecule has 0 saturated carbocycles. The third-order valence-corrected chi connectivity index (χ3v) is 9.33. The van der Waals surface area contributed by atoms with Crippen LogP contribution in [-0.4, -0.2) is 24.5 Å². The number of nitrogens with zero attached hydrogens (tertiary/aromatic N) is 1. The van der Waals surface area contributed by atoms with Crippen LogP contribution in [0.25, 0.3) is 0 Å². The average Bonchev–Trinajstić information content (AvgIpc) is 3.26. The molecule has 0 aromatic heterocycles. The van der Waals surface area contributed by atoms with E-state index in [2.05, 4.69) is 0 Å². The fourth-order valence-corrected chi connectivity index (χ4v) is 6.57. The molecule has 1 aliphatic carbocycles. The Kier molecular flexibility index (Phi) is 8.67. The van der Waals surface area contributed by atoms with Crippen LogP contribution in [0, 0.1) is 0 Å². The third-order valence-electron chi connectivity index (χ3n) is 6.76. The Balaban J connectivity index is 1.69. The minimum absolute atomic E-state index is 0.124. The Hall–Kier alpha value is -1.78. The minimum Gasteiger partial charge on any atom is -0.320 e. The number of fused-ring (bicyclic) bond motifs is 1. The van der Waals surface area contributed by atoms with Crippen molar-refractivity contribution in [2.75, 3.05) is 0 Å². The quantitative estimate of drug-likeness (QED) is 0.145. The second-order valence-corrected chi connectivity index (χ2v) is 13.6. The minimum atomic E-state index is -5.83. The monoisotopic (exact) mass is 641 g/mol. The van der Waals surface area contributed by atoms with Crippen molar-refractivity contribution in [3.05, 3.63) is 104 Å². The summed E-state index contributed by atoms with van der Waals surface area (Å²) in [6.07, 6.45) is 1.43. The van der Waals surface area contributed by atoms with Crippen molar-refractivity contribution in [1.82, 2.24) is 4.90 Å². The largest absolute Gasteiger partial charge is 0.399 e. The van der Waals surface area contributed by atoms with Crippen molar-refractivity contribution in [1.29, 1.82) is 0 Å². The number of aryl methyl sites for hydroxylation is 1. The number of rotatable bonds is 9. The predicted octanol–water partition coefficient (Wildman–Crippen LogP) is 7.14. The molecule has 3 aromatic carbocycles. The summed E-state index contributed by atoms with van der Waals surface area (Å²) in [4.78, 5) is 38.2. The van der Waals surface area contributed by atoms with Crippen LogP contribution in [0.15, 0.2) is 60.7 Å². The van der Waals surface area contributed by atoms with E-state index in [0.29, 0.717) is 17.5 Å². The third kappa shape index (κ3) is 6.04. The van der Waals surface area contributed by atoms with E-state index in [-0.39, 0.29) is 19.1 Å². The first-order chi connectivity index (χ1) is 18.4. The highest BCUT2D eigenvalue weighted by atomic mass is 35.5. The van der Waals surface area contributed by atoms with Crippen LogP contribution in [0.3, 0.4) is 0 Å². The molecule has 0 spiro atoms. The van der Waals surface area contributed by atoms with Crippen molar-refractivity contribution >= 4 is 38.4 Å². The van der Waals surface area contributed by atoms with Crippen LogP contribution in [0.5, 0.6) is 0 Å². The first-order valence-corrected chi connectivity index (χ1v) is 15.7. The van der Waals surface area contributed by atoms with Crippen LogP contribution < -0.4 is 0 Å². The van der Waals surface area contributed by atoms with Crippen LogP contribution >= 0.6 is 38.4 Å². The van der Waals surface area contributed by atoms with Gasteiger partial charge in [-0.1, -0.05) is 71.7 Å². The Bertz CT molecular complexity index is 1450. The van der Waals surface area contributed by atoms with Gasteiger partial charge >= 0.3 is 26.5 Å². The van der Waals surface area contributed by atoms with Gasteiger partial charge < -0.3 is 19.6 Å². The first kappa shape index (κ1) is 31.2. The molecule has 4 rings (SSSR count). The molecular weight excluding hydrogens is 619 g/mol. The fourth-order valence-electron chi connectivity index (χ4n) is 4.77. The molecule has 0 saturated heterocycles. The van der Waals surface area contributed by atoms with Crippen LogP contribution in [0.1, 0.15) is 45.8 Å². The van der Waals surface area contributed by atoms with Crippen LogP contribution in [0.2, 0.25) is 10.0 Å². The summed E-state index contributed by atoms with van der Waals surface area (Å²) in [6, 6.07) is 14.1. The SMILES string of the molecule is O=P(O)(O)C(F)(F)c1ccc(CN(Cc2ccc(C(F)(F)P(=O)(O)O)c(Cl)c2)C2CCc3ccccc32)cc1Cl. The number of hydrogen-bond donors (Lipinski definition) is 4. The summed E-state index contributed by atoms with van der Waals surface area (Å²) in [5.41, 5.74) is -8.02. The topological polar surface area (TPSA) is 118 Å². The van der Waals surface area contributed by atoms with E-state index < -0.39 is 47.7 Å². The summed E-state index contributed by atoms with van der Waals surface area (Å²) in [7, 11) is -11.7. The molecule has 1 unspecified atom stereocenters. The zero-order valence-electron chi connectivity index (χ0n) is 20.4. The second-order valence-electron chi connectivity index (χ2n) is 9.46. The Morgan fingerprint density at radius 2 is 1.23 bits per heavy atom. The van der Waals surface area contributed by atoms with Crippen LogP contribution in [-0.2, 0) is 40.0 Å². The van der Waals surface area contributed by atoms with E-state index in [4.69, 9.17) is 42.8 Å². The Morgan fingerprint density at radius 3 is 1.65 bits per heavy atom. The Morgan fingerprint density at radius 1 is 0.775 bits per heavy atom. The fraction of sp³-hybridized carbons (Fsp3) is 0.280. The van der Waals surface area contributed by atoms with Crippen molar-refractivity contribution in [3.63, 3.8) is 0 Å². The zero-order chi connectivity index (χ0) is 29.7. The lowest BCUT2D eigenvalue weighted by Gasteiger charge is -2.30. The van der Waals surface area contributed by atoms with Gasteiger partial charge in [0.1, 0.15) is 0 Å². The van der Waals surface area contributed by atoms with Gasteiger partial charge in [0.15, 0.2) is 0 Å². The molecule has 7 nitrogen and oxygen atoms in total. The highest BCUT2D eigenvalue weighted by Gasteiger charge is 2.52. The van der Waals surface area contributed by atoms with Crippen LogP contribution in [0.4, 0.5) is 17.6 Å². The molecule has 40 heavy (non-hydrogen) atoms. The molecule has 0 heterocycles. The number of alkyl halides is 4. The van der Waals surface area contributed by atoms with Gasteiger partial charge in [0.05, 0.1) is 21.2 Å². The molecule has 0 amide bonds. The van der Waals surface area contributed by atoms with Gasteiger partial charge in [-0.3, -0.25) is 14.0 Å². The molecule has 0 aliphatic heterocycles. The van der Waals surface area contributed by atoms with Gasteiger partial charge in [-0.25, -0.2) is 0 Å². The van der Waals surface area contributed by atoms with Gasteiger partial charge in [0, 0.05) is 19.1 Å². The zero-order valence-corrected chi connectivity index (χ0v) is 23.7. The van der Waals surface area contributed by atoms with Crippen molar-refractivity contribution in [3.8, 4) is 0 Å². The standard InChI is InChI=1S/C25H23Cl2F4NO6P2/c26-21-11-15(5-8-19(21)24(28,29)39(33,34)35)13-32(23-10-7-17-3-1-2-4-18(17)23)14-16-6-9-20(22(27)12-16)25(30,31)40(36,37)38/h1-6,8-9,11-12,23H,7,10,13-14H2,(H2,33,34,35)(H2,36,37,38). The van der Waals surface area contributed by atoms with Gasteiger partial charge in [-0.2, -0.15) is 17.6 Å². The maximum Gasteiger partial charge on any atom is 0.399 e. The molecule has 0 fully saturated rings. The number of halogens is 6. The van der Waals surface area contributed by atoms with E-state index in [1.165, 1.54) is 24.3 Å². The smallest absolute Gasteiger partial charge is 0.320 e. The summed E-state index contributed by atoms with van der Waals surface area (Å²) < 4.78 is 79.7. The maximum atomic E-state index is 14.3. The molecule has 1 atom stereocenters. The maximum absolute atomic E-state index is 14.3. The lowest BCUT2D eigenvalue weighted by molar-refractivity contribution is 0.0565. The summed E-state index contributed by atoms with van der Waals surface area (Å²) >= 11 is 12.1. The average molecular weight is 642 g/mol. The molecular formula is C25H23Cl2F4NO6P2. The predicted molar refractivity (Wildman–Crippen MR) is 142 cm³/mol. The summed E-state index contributed by atoms with van der Waals surface area (Å²) in [6.45, 7) is 0.247. The number of hydrogen-bond acceptors (Lipinski definition) is 3. The molecule has 15 heteroatoms. The second kappa shape index (κ2) is 11.1. The van der Waals surface area contributed by atoms with Crippen molar-refractivity contribution < 1.29 is 46.3 Å². The Labute approximate surface area is 236 Å². The van der Waals surface area contributed by atoms with Gasteiger partial charge in [-0.05, 0) is 47.2 Å². The lowest BCUT2D eigenvalue weighted by Crippen LogP contribution is -2.27. The summed E-state index contributed by atoms with van der Waals surface area (Å²) in [5, 5.41) is -1.07.